The number of hydrogen-bond acceptors (Lipinski definition) is 3. The molecule has 1 aliphatic heterocycles. The van der Waals surface area contributed by atoms with Crippen LogP contribution in [0.2, 0.25) is 0 Å². The van der Waals surface area contributed by atoms with Gasteiger partial charge in [0.15, 0.2) is 0 Å². The van der Waals surface area contributed by atoms with E-state index >= 15 is 0 Å². The standard InChI is InChI=1S/C12H25NO2/c1-6-14-8-7-13-10-9-11(2,3)15-12(10,4)5/h10,13H,6-9H2,1-5H3. The van der Waals surface area contributed by atoms with Crippen LogP contribution in [0.25, 0.3) is 0 Å². The van der Waals surface area contributed by atoms with E-state index in [1.165, 1.54) is 0 Å². The SMILES string of the molecule is CCOCCNC1CC(C)(C)OC1(C)C. The molecule has 1 fully saturated rings. The van der Waals surface area contributed by atoms with Gasteiger partial charge in [-0.05, 0) is 41.0 Å². The highest BCUT2D eigenvalue weighted by molar-refractivity contribution is 4.98. The normalized spacial score (nSPS) is 28.2. The van der Waals surface area contributed by atoms with Crippen LogP contribution in [0.4, 0.5) is 0 Å². The van der Waals surface area contributed by atoms with Gasteiger partial charge >= 0.3 is 0 Å². The molecule has 0 aromatic rings. The predicted octanol–water partition coefficient (Wildman–Crippen LogP) is 1.96. The summed E-state index contributed by atoms with van der Waals surface area (Å²) in [5.74, 6) is 0. The third-order valence-corrected chi connectivity index (χ3v) is 2.92. The maximum atomic E-state index is 6.00. The molecule has 1 N–H and O–H groups in total. The van der Waals surface area contributed by atoms with Crippen LogP contribution in [0.5, 0.6) is 0 Å². The Morgan fingerprint density at radius 1 is 1.33 bits per heavy atom. The van der Waals surface area contributed by atoms with Crippen molar-refractivity contribution in [2.24, 2.45) is 0 Å². The molecular formula is C12H25NO2. The molecule has 0 aromatic heterocycles. The molecule has 90 valence electrons. The van der Waals surface area contributed by atoms with Crippen molar-refractivity contribution in [1.29, 1.82) is 0 Å². The number of nitrogens with one attached hydrogen (secondary N) is 1. The summed E-state index contributed by atoms with van der Waals surface area (Å²) >= 11 is 0. The van der Waals surface area contributed by atoms with Crippen LogP contribution in [0.15, 0.2) is 0 Å². The van der Waals surface area contributed by atoms with E-state index in [0.717, 1.165) is 26.2 Å². The largest absolute Gasteiger partial charge is 0.380 e. The molecule has 1 unspecified atom stereocenters. The van der Waals surface area contributed by atoms with E-state index in [-0.39, 0.29) is 11.2 Å². The summed E-state index contributed by atoms with van der Waals surface area (Å²) in [4.78, 5) is 0. The first-order valence-electron chi connectivity index (χ1n) is 5.89. The Bertz CT molecular complexity index is 202. The zero-order valence-electron chi connectivity index (χ0n) is 10.7. The highest BCUT2D eigenvalue weighted by Gasteiger charge is 2.45. The van der Waals surface area contributed by atoms with Gasteiger partial charge in [0, 0.05) is 19.2 Å². The zero-order valence-corrected chi connectivity index (χ0v) is 10.7. The van der Waals surface area contributed by atoms with Crippen LogP contribution in [-0.4, -0.2) is 37.0 Å². The molecule has 0 amide bonds. The number of ether oxygens (including phenoxy) is 2. The van der Waals surface area contributed by atoms with Gasteiger partial charge in [-0.1, -0.05) is 0 Å². The van der Waals surface area contributed by atoms with E-state index in [2.05, 4.69) is 33.0 Å². The van der Waals surface area contributed by atoms with Gasteiger partial charge in [-0.3, -0.25) is 0 Å². The maximum absolute atomic E-state index is 6.00. The molecular weight excluding hydrogens is 190 g/mol. The second-order valence-electron chi connectivity index (χ2n) is 5.37. The summed E-state index contributed by atoms with van der Waals surface area (Å²) in [7, 11) is 0. The fourth-order valence-electron chi connectivity index (χ4n) is 2.33. The summed E-state index contributed by atoms with van der Waals surface area (Å²) in [6, 6.07) is 0.424. The van der Waals surface area contributed by atoms with Crippen molar-refractivity contribution in [2.45, 2.75) is 58.3 Å². The van der Waals surface area contributed by atoms with E-state index in [9.17, 15) is 0 Å². The van der Waals surface area contributed by atoms with Crippen LogP contribution < -0.4 is 5.32 Å². The summed E-state index contributed by atoms with van der Waals surface area (Å²) in [5, 5.41) is 3.51. The molecule has 0 aromatic carbocycles. The van der Waals surface area contributed by atoms with Gasteiger partial charge in [0.05, 0.1) is 17.8 Å². The van der Waals surface area contributed by atoms with E-state index in [0.29, 0.717) is 6.04 Å². The average molecular weight is 215 g/mol. The van der Waals surface area contributed by atoms with Gasteiger partial charge in [0.1, 0.15) is 0 Å². The van der Waals surface area contributed by atoms with E-state index in [1.54, 1.807) is 0 Å². The number of rotatable bonds is 5. The molecule has 15 heavy (non-hydrogen) atoms. The van der Waals surface area contributed by atoms with Crippen molar-refractivity contribution < 1.29 is 9.47 Å². The topological polar surface area (TPSA) is 30.5 Å². The molecule has 1 aliphatic rings. The lowest BCUT2D eigenvalue weighted by Crippen LogP contribution is -2.44. The molecule has 0 radical (unpaired) electrons. The lowest BCUT2D eigenvalue weighted by molar-refractivity contribution is -0.0700. The summed E-state index contributed by atoms with van der Waals surface area (Å²) in [6.45, 7) is 13.1. The van der Waals surface area contributed by atoms with Crippen molar-refractivity contribution in [1.82, 2.24) is 5.32 Å². The van der Waals surface area contributed by atoms with Crippen LogP contribution in [0.1, 0.15) is 41.0 Å². The Labute approximate surface area is 93.5 Å². The first-order valence-corrected chi connectivity index (χ1v) is 5.89. The van der Waals surface area contributed by atoms with E-state index in [4.69, 9.17) is 9.47 Å². The molecule has 1 saturated heterocycles. The maximum Gasteiger partial charge on any atom is 0.0787 e. The fourth-order valence-corrected chi connectivity index (χ4v) is 2.33. The minimum atomic E-state index is -0.0737. The monoisotopic (exact) mass is 215 g/mol. The van der Waals surface area contributed by atoms with Crippen LogP contribution in [-0.2, 0) is 9.47 Å². The number of hydrogen-bond donors (Lipinski definition) is 1. The molecule has 0 aliphatic carbocycles. The van der Waals surface area contributed by atoms with Gasteiger partial charge in [0.2, 0.25) is 0 Å². The average Bonchev–Trinajstić information content (AvgIpc) is 2.28. The summed E-state index contributed by atoms with van der Waals surface area (Å²) in [6.07, 6.45) is 1.06. The third-order valence-electron chi connectivity index (χ3n) is 2.92. The highest BCUT2D eigenvalue weighted by Crippen LogP contribution is 2.36. The lowest BCUT2D eigenvalue weighted by Gasteiger charge is -2.27. The second kappa shape index (κ2) is 4.81. The zero-order chi connectivity index (χ0) is 11.5. The molecule has 1 rings (SSSR count). The molecule has 0 bridgehead atoms. The summed E-state index contributed by atoms with van der Waals surface area (Å²) < 4.78 is 11.3. The predicted molar refractivity (Wildman–Crippen MR) is 62.1 cm³/mol. The Morgan fingerprint density at radius 3 is 2.47 bits per heavy atom. The Hall–Kier alpha value is -0.120. The van der Waals surface area contributed by atoms with E-state index in [1.807, 2.05) is 6.92 Å². The third kappa shape index (κ3) is 3.74. The van der Waals surface area contributed by atoms with Gasteiger partial charge in [-0.2, -0.15) is 0 Å². The molecule has 3 heteroatoms. The Morgan fingerprint density at radius 2 is 2.00 bits per heavy atom. The quantitative estimate of drug-likeness (QED) is 0.711. The van der Waals surface area contributed by atoms with Crippen LogP contribution >= 0.6 is 0 Å². The molecule has 3 nitrogen and oxygen atoms in total. The first kappa shape index (κ1) is 12.9. The van der Waals surface area contributed by atoms with Gasteiger partial charge < -0.3 is 14.8 Å². The first-order chi connectivity index (χ1) is 6.87. The van der Waals surface area contributed by atoms with Crippen molar-refractivity contribution in [2.75, 3.05) is 19.8 Å². The fraction of sp³-hybridized carbons (Fsp3) is 1.00. The minimum absolute atomic E-state index is 0.00716. The van der Waals surface area contributed by atoms with Crippen molar-refractivity contribution in [3.63, 3.8) is 0 Å². The summed E-state index contributed by atoms with van der Waals surface area (Å²) in [5.41, 5.74) is -0.0809. The smallest absolute Gasteiger partial charge is 0.0787 e. The highest BCUT2D eigenvalue weighted by atomic mass is 16.5. The van der Waals surface area contributed by atoms with E-state index < -0.39 is 0 Å². The van der Waals surface area contributed by atoms with Gasteiger partial charge in [-0.25, -0.2) is 0 Å². The Kier molecular flexibility index (Phi) is 4.15. The molecule has 1 atom stereocenters. The molecule has 0 spiro atoms. The minimum Gasteiger partial charge on any atom is -0.380 e. The molecule has 1 heterocycles. The van der Waals surface area contributed by atoms with Crippen LogP contribution in [0.3, 0.4) is 0 Å². The van der Waals surface area contributed by atoms with Crippen molar-refractivity contribution in [3.8, 4) is 0 Å². The second-order valence-corrected chi connectivity index (χ2v) is 5.37. The van der Waals surface area contributed by atoms with Gasteiger partial charge in [-0.15, -0.1) is 0 Å². The lowest BCUT2D eigenvalue weighted by atomic mass is 9.94. The molecule has 0 saturated carbocycles. The van der Waals surface area contributed by atoms with Gasteiger partial charge in [0.25, 0.3) is 0 Å². The van der Waals surface area contributed by atoms with Crippen molar-refractivity contribution >= 4 is 0 Å². The van der Waals surface area contributed by atoms with Crippen molar-refractivity contribution in [3.05, 3.63) is 0 Å². The Balaban J connectivity index is 2.35. The van der Waals surface area contributed by atoms with Crippen LogP contribution in [0, 0.1) is 0 Å².